The van der Waals surface area contributed by atoms with Crippen molar-refractivity contribution >= 4 is 0 Å². The Balaban J connectivity index is 2.21. The first kappa shape index (κ1) is 12.7. The van der Waals surface area contributed by atoms with Crippen LogP contribution >= 0.6 is 0 Å². The molecule has 1 rings (SSSR count). The van der Waals surface area contributed by atoms with Gasteiger partial charge in [-0.1, -0.05) is 30.7 Å². The Kier molecular flexibility index (Phi) is 5.54. The van der Waals surface area contributed by atoms with Crippen LogP contribution in [0.1, 0.15) is 38.9 Å². The van der Waals surface area contributed by atoms with Gasteiger partial charge < -0.3 is 0 Å². The van der Waals surface area contributed by atoms with Crippen LogP contribution < -0.4 is 0 Å². The van der Waals surface area contributed by atoms with Gasteiger partial charge in [-0.15, -0.1) is 0 Å². The third-order valence-corrected chi connectivity index (χ3v) is 2.53. The van der Waals surface area contributed by atoms with Gasteiger partial charge in [0.05, 0.1) is 0 Å². The molecule has 0 aromatic carbocycles. The van der Waals surface area contributed by atoms with Gasteiger partial charge in [0.25, 0.3) is 0 Å². The molecule has 0 bridgehead atoms. The molecule has 0 fully saturated rings. The van der Waals surface area contributed by atoms with Crippen LogP contribution in [0, 0.1) is 0 Å². The second-order valence-corrected chi connectivity index (χ2v) is 3.85. The third kappa shape index (κ3) is 4.43. The van der Waals surface area contributed by atoms with Gasteiger partial charge in [-0.25, -0.2) is 4.98 Å². The first-order valence-corrected chi connectivity index (χ1v) is 5.92. The summed E-state index contributed by atoms with van der Waals surface area (Å²) < 4.78 is 1.75. The number of rotatable bonds is 6. The summed E-state index contributed by atoms with van der Waals surface area (Å²) in [5, 5.41) is 4.25. The van der Waals surface area contributed by atoms with Crippen molar-refractivity contribution < 1.29 is 0 Å². The maximum Gasteiger partial charge on any atom is 0.150 e. The van der Waals surface area contributed by atoms with E-state index in [0.717, 1.165) is 31.5 Å². The fourth-order valence-corrected chi connectivity index (χ4v) is 1.53. The average Bonchev–Trinajstić information content (AvgIpc) is 2.70. The highest BCUT2D eigenvalue weighted by Crippen LogP contribution is 2.05. The highest BCUT2D eigenvalue weighted by Gasteiger charge is 1.96. The van der Waals surface area contributed by atoms with E-state index in [2.05, 4.69) is 42.2 Å². The second kappa shape index (κ2) is 6.99. The molecular weight excluding hydrogens is 198 g/mol. The normalized spacial score (nSPS) is 12.6. The number of aryl methyl sites for hydroxylation is 2. The maximum absolute atomic E-state index is 4.25. The standard InChI is InChI=1S/C13H21N3/c1-4-12(5-2)9-7-6-8-10-13-14-11-16(3)15-13/h4,7,9,11H,5-6,8,10H2,1-3H3. The fraction of sp³-hybridized carbons (Fsp3) is 0.538. The van der Waals surface area contributed by atoms with Crippen LogP contribution in [0.4, 0.5) is 0 Å². The van der Waals surface area contributed by atoms with E-state index >= 15 is 0 Å². The molecule has 0 saturated heterocycles. The number of aromatic nitrogens is 3. The molecule has 1 aromatic heterocycles. The van der Waals surface area contributed by atoms with Crippen LogP contribution in [0.25, 0.3) is 0 Å². The number of allylic oxidation sites excluding steroid dienone is 4. The Labute approximate surface area is 97.9 Å². The zero-order valence-corrected chi connectivity index (χ0v) is 10.5. The van der Waals surface area contributed by atoms with Crippen molar-refractivity contribution in [3.8, 4) is 0 Å². The first-order chi connectivity index (χ1) is 7.76. The van der Waals surface area contributed by atoms with Crippen molar-refractivity contribution in [2.45, 2.75) is 39.5 Å². The Morgan fingerprint density at radius 2 is 2.31 bits per heavy atom. The Morgan fingerprint density at radius 3 is 2.88 bits per heavy atom. The predicted molar refractivity (Wildman–Crippen MR) is 67.1 cm³/mol. The first-order valence-electron chi connectivity index (χ1n) is 5.92. The van der Waals surface area contributed by atoms with E-state index in [4.69, 9.17) is 0 Å². The molecule has 0 radical (unpaired) electrons. The lowest BCUT2D eigenvalue weighted by molar-refractivity contribution is 0.721. The molecule has 1 aromatic rings. The Hall–Kier alpha value is -1.38. The number of unbranched alkanes of at least 4 members (excludes halogenated alkanes) is 1. The quantitative estimate of drug-likeness (QED) is 0.544. The summed E-state index contributed by atoms with van der Waals surface area (Å²) in [6, 6.07) is 0. The molecule has 0 aliphatic carbocycles. The minimum Gasteiger partial charge on any atom is -0.256 e. The lowest BCUT2D eigenvalue weighted by Gasteiger charge is -1.95. The van der Waals surface area contributed by atoms with E-state index in [9.17, 15) is 0 Å². The van der Waals surface area contributed by atoms with E-state index in [-0.39, 0.29) is 0 Å². The SMILES string of the molecule is CC=C(C=CCCCc1ncn(C)n1)CC. The van der Waals surface area contributed by atoms with Crippen LogP contribution in [0.3, 0.4) is 0 Å². The van der Waals surface area contributed by atoms with Gasteiger partial charge >= 0.3 is 0 Å². The molecule has 0 spiro atoms. The second-order valence-electron chi connectivity index (χ2n) is 3.85. The van der Waals surface area contributed by atoms with Gasteiger partial charge in [0.2, 0.25) is 0 Å². The number of hydrogen-bond donors (Lipinski definition) is 0. The molecule has 0 aliphatic rings. The minimum absolute atomic E-state index is 0.942. The van der Waals surface area contributed by atoms with Gasteiger partial charge in [-0.3, -0.25) is 4.68 Å². The molecule has 0 amide bonds. The zero-order valence-electron chi connectivity index (χ0n) is 10.5. The summed E-state index contributed by atoms with van der Waals surface area (Å²) >= 11 is 0. The van der Waals surface area contributed by atoms with Crippen molar-refractivity contribution in [3.05, 3.63) is 36.0 Å². The van der Waals surface area contributed by atoms with Crippen LogP contribution in [-0.2, 0) is 13.5 Å². The zero-order chi connectivity index (χ0) is 11.8. The average molecular weight is 219 g/mol. The van der Waals surface area contributed by atoms with Crippen LogP contribution in [-0.4, -0.2) is 14.8 Å². The van der Waals surface area contributed by atoms with Crippen LogP contribution in [0.15, 0.2) is 30.1 Å². The summed E-state index contributed by atoms with van der Waals surface area (Å²) in [6.07, 6.45) is 12.6. The minimum atomic E-state index is 0.942. The van der Waals surface area contributed by atoms with Gasteiger partial charge in [-0.05, 0) is 26.2 Å². The Bertz CT molecular complexity index is 361. The van der Waals surface area contributed by atoms with E-state index in [1.165, 1.54) is 5.57 Å². The highest BCUT2D eigenvalue weighted by molar-refractivity contribution is 5.16. The molecule has 1 heterocycles. The largest absolute Gasteiger partial charge is 0.256 e. The summed E-state index contributed by atoms with van der Waals surface area (Å²) in [5.41, 5.74) is 1.40. The summed E-state index contributed by atoms with van der Waals surface area (Å²) in [7, 11) is 1.90. The molecule has 3 nitrogen and oxygen atoms in total. The molecule has 3 heteroatoms. The molecule has 88 valence electrons. The van der Waals surface area contributed by atoms with Crippen LogP contribution in [0.2, 0.25) is 0 Å². The van der Waals surface area contributed by atoms with E-state index in [1.807, 2.05) is 7.05 Å². The lowest BCUT2D eigenvalue weighted by Crippen LogP contribution is -1.91. The van der Waals surface area contributed by atoms with Crippen molar-refractivity contribution in [2.75, 3.05) is 0 Å². The predicted octanol–water partition coefficient (Wildman–Crippen LogP) is 3.05. The molecule has 0 saturated carbocycles. The molecule has 0 unspecified atom stereocenters. The van der Waals surface area contributed by atoms with Gasteiger partial charge in [0, 0.05) is 13.5 Å². The van der Waals surface area contributed by atoms with Crippen molar-refractivity contribution in [1.82, 2.24) is 14.8 Å². The van der Waals surface area contributed by atoms with E-state index in [0.29, 0.717) is 0 Å². The van der Waals surface area contributed by atoms with Crippen molar-refractivity contribution in [1.29, 1.82) is 0 Å². The molecule has 0 N–H and O–H groups in total. The summed E-state index contributed by atoms with van der Waals surface area (Å²) in [5.74, 6) is 0.942. The van der Waals surface area contributed by atoms with E-state index in [1.54, 1.807) is 11.0 Å². The lowest BCUT2D eigenvalue weighted by atomic mass is 10.1. The van der Waals surface area contributed by atoms with Crippen molar-refractivity contribution in [2.24, 2.45) is 7.05 Å². The monoisotopic (exact) mass is 219 g/mol. The van der Waals surface area contributed by atoms with Gasteiger partial charge in [0.1, 0.15) is 6.33 Å². The topological polar surface area (TPSA) is 30.7 Å². The molecule has 16 heavy (non-hydrogen) atoms. The molecule has 0 aliphatic heterocycles. The number of nitrogens with zero attached hydrogens (tertiary/aromatic N) is 3. The summed E-state index contributed by atoms with van der Waals surface area (Å²) in [6.45, 7) is 4.26. The van der Waals surface area contributed by atoms with Crippen molar-refractivity contribution in [3.63, 3.8) is 0 Å². The fourth-order valence-electron chi connectivity index (χ4n) is 1.53. The van der Waals surface area contributed by atoms with E-state index < -0.39 is 0 Å². The smallest absolute Gasteiger partial charge is 0.150 e. The Morgan fingerprint density at radius 1 is 1.50 bits per heavy atom. The third-order valence-electron chi connectivity index (χ3n) is 2.53. The van der Waals surface area contributed by atoms with Gasteiger partial charge in [-0.2, -0.15) is 5.10 Å². The maximum atomic E-state index is 4.25. The molecular formula is C13H21N3. The van der Waals surface area contributed by atoms with Crippen LogP contribution in [0.5, 0.6) is 0 Å². The summed E-state index contributed by atoms with van der Waals surface area (Å²) in [4.78, 5) is 4.20. The highest BCUT2D eigenvalue weighted by atomic mass is 15.3. The molecule has 0 atom stereocenters. The van der Waals surface area contributed by atoms with Gasteiger partial charge in [0.15, 0.2) is 5.82 Å². The number of hydrogen-bond acceptors (Lipinski definition) is 2.